The van der Waals surface area contributed by atoms with Gasteiger partial charge in [0.15, 0.2) is 0 Å². The van der Waals surface area contributed by atoms with Crippen LogP contribution in [0.2, 0.25) is 0 Å². The molecule has 0 radical (unpaired) electrons. The van der Waals surface area contributed by atoms with Crippen molar-refractivity contribution in [1.82, 2.24) is 4.57 Å². The molecule has 0 atom stereocenters. The highest BCUT2D eigenvalue weighted by Gasteiger charge is 2.11. The van der Waals surface area contributed by atoms with E-state index in [4.69, 9.17) is 5.26 Å². The number of thioether (sulfide) groups is 1. The first-order chi connectivity index (χ1) is 7.29. The minimum absolute atomic E-state index is 0.424. The van der Waals surface area contributed by atoms with E-state index in [1.807, 2.05) is 12.1 Å². The zero-order chi connectivity index (χ0) is 10.8. The predicted molar refractivity (Wildman–Crippen MR) is 64.1 cm³/mol. The Balaban J connectivity index is 2.80. The molecule has 1 aromatic heterocycles. The van der Waals surface area contributed by atoms with Gasteiger partial charge in [0.1, 0.15) is 6.54 Å². The standard InChI is InChI=1S/C12H12N2S/c1-9-12(15-2)10-5-3-4-6-11(10)14(9)8-7-13/h3-6H,8H2,1-2H3. The number of aromatic nitrogens is 1. The molecule has 2 aromatic rings. The van der Waals surface area contributed by atoms with Crippen LogP contribution < -0.4 is 0 Å². The molecule has 2 nitrogen and oxygen atoms in total. The van der Waals surface area contributed by atoms with Gasteiger partial charge in [-0.05, 0) is 19.2 Å². The van der Waals surface area contributed by atoms with E-state index in [0.717, 1.165) is 5.52 Å². The Morgan fingerprint density at radius 2 is 2.13 bits per heavy atom. The molecule has 0 spiro atoms. The van der Waals surface area contributed by atoms with Gasteiger partial charge in [-0.1, -0.05) is 18.2 Å². The van der Waals surface area contributed by atoms with Crippen LogP contribution in [0.15, 0.2) is 29.2 Å². The van der Waals surface area contributed by atoms with E-state index in [-0.39, 0.29) is 0 Å². The SMILES string of the molecule is CSc1c(C)n(CC#N)c2ccccc12. The molecule has 76 valence electrons. The number of hydrogen-bond donors (Lipinski definition) is 0. The van der Waals surface area contributed by atoms with Gasteiger partial charge in [-0.15, -0.1) is 11.8 Å². The number of para-hydroxylation sites is 1. The lowest BCUT2D eigenvalue weighted by Crippen LogP contribution is -1.97. The Morgan fingerprint density at radius 1 is 1.40 bits per heavy atom. The van der Waals surface area contributed by atoms with Gasteiger partial charge < -0.3 is 4.57 Å². The Morgan fingerprint density at radius 3 is 2.80 bits per heavy atom. The molecule has 0 saturated heterocycles. The summed E-state index contributed by atoms with van der Waals surface area (Å²) in [7, 11) is 0. The molecule has 0 fully saturated rings. The third kappa shape index (κ3) is 1.51. The molecule has 0 bridgehead atoms. The molecule has 0 aliphatic carbocycles. The maximum absolute atomic E-state index is 8.81. The Hall–Kier alpha value is -1.40. The fourth-order valence-corrected chi connectivity index (χ4v) is 2.73. The van der Waals surface area contributed by atoms with E-state index in [0.29, 0.717) is 6.54 Å². The maximum atomic E-state index is 8.81. The molecule has 0 amide bonds. The van der Waals surface area contributed by atoms with Crippen molar-refractivity contribution >= 4 is 22.7 Å². The summed E-state index contributed by atoms with van der Waals surface area (Å²) in [5, 5.41) is 10.1. The first-order valence-electron chi connectivity index (χ1n) is 4.78. The molecule has 1 heterocycles. The monoisotopic (exact) mass is 216 g/mol. The van der Waals surface area contributed by atoms with Crippen molar-refractivity contribution in [2.75, 3.05) is 6.26 Å². The van der Waals surface area contributed by atoms with Gasteiger partial charge in [0.2, 0.25) is 0 Å². The first-order valence-corrected chi connectivity index (χ1v) is 6.01. The highest BCUT2D eigenvalue weighted by atomic mass is 32.2. The van der Waals surface area contributed by atoms with Gasteiger partial charge >= 0.3 is 0 Å². The molecule has 0 aliphatic rings. The molecule has 3 heteroatoms. The zero-order valence-electron chi connectivity index (χ0n) is 8.82. The van der Waals surface area contributed by atoms with Gasteiger partial charge in [0.05, 0.1) is 11.6 Å². The second-order valence-corrected chi connectivity index (χ2v) is 4.20. The number of rotatable bonds is 2. The number of nitrogens with zero attached hydrogens (tertiary/aromatic N) is 2. The van der Waals surface area contributed by atoms with Crippen LogP contribution in [-0.2, 0) is 6.54 Å². The fourth-order valence-electron chi connectivity index (χ4n) is 1.93. The maximum Gasteiger partial charge on any atom is 0.110 e. The quantitative estimate of drug-likeness (QED) is 0.721. The molecule has 0 unspecified atom stereocenters. The summed E-state index contributed by atoms with van der Waals surface area (Å²) in [5.74, 6) is 0. The van der Waals surface area contributed by atoms with E-state index in [1.54, 1.807) is 11.8 Å². The lowest BCUT2D eigenvalue weighted by molar-refractivity contribution is 0.825. The third-order valence-electron chi connectivity index (χ3n) is 2.61. The second kappa shape index (κ2) is 4.00. The molecule has 0 aliphatic heterocycles. The van der Waals surface area contributed by atoms with Crippen LogP contribution in [0.25, 0.3) is 10.9 Å². The summed E-state index contributed by atoms with van der Waals surface area (Å²) < 4.78 is 2.07. The van der Waals surface area contributed by atoms with Gasteiger partial charge in [-0.2, -0.15) is 5.26 Å². The third-order valence-corrected chi connectivity index (χ3v) is 3.53. The van der Waals surface area contributed by atoms with Crippen molar-refractivity contribution < 1.29 is 0 Å². The van der Waals surface area contributed by atoms with Crippen LogP contribution in [0.5, 0.6) is 0 Å². The Bertz CT molecular complexity index is 534. The van der Waals surface area contributed by atoms with Crippen LogP contribution in [0.1, 0.15) is 5.69 Å². The lowest BCUT2D eigenvalue weighted by atomic mass is 10.2. The fraction of sp³-hybridized carbons (Fsp3) is 0.250. The van der Waals surface area contributed by atoms with Crippen LogP contribution >= 0.6 is 11.8 Å². The van der Waals surface area contributed by atoms with Crippen molar-refractivity contribution in [3.05, 3.63) is 30.0 Å². The van der Waals surface area contributed by atoms with E-state index in [2.05, 4.69) is 35.9 Å². The predicted octanol–water partition coefficient (Wildman–Crippen LogP) is 3.20. The number of hydrogen-bond acceptors (Lipinski definition) is 2. The van der Waals surface area contributed by atoms with Crippen molar-refractivity contribution in [1.29, 1.82) is 5.26 Å². The van der Waals surface area contributed by atoms with Gasteiger partial charge in [-0.3, -0.25) is 0 Å². The average Bonchev–Trinajstić information content (AvgIpc) is 2.53. The molecule has 2 rings (SSSR count). The molecule has 15 heavy (non-hydrogen) atoms. The molecular weight excluding hydrogens is 204 g/mol. The Labute approximate surface area is 93.5 Å². The molecular formula is C12H12N2S. The van der Waals surface area contributed by atoms with Crippen LogP contribution in [0.3, 0.4) is 0 Å². The van der Waals surface area contributed by atoms with E-state index >= 15 is 0 Å². The van der Waals surface area contributed by atoms with Crippen molar-refractivity contribution in [2.24, 2.45) is 0 Å². The number of fused-ring (bicyclic) bond motifs is 1. The molecule has 0 saturated carbocycles. The smallest absolute Gasteiger partial charge is 0.110 e. The van der Waals surface area contributed by atoms with Crippen LogP contribution in [0, 0.1) is 18.3 Å². The van der Waals surface area contributed by atoms with Crippen molar-refractivity contribution in [3.63, 3.8) is 0 Å². The van der Waals surface area contributed by atoms with E-state index in [9.17, 15) is 0 Å². The first kappa shape index (κ1) is 10.1. The highest BCUT2D eigenvalue weighted by molar-refractivity contribution is 7.98. The minimum Gasteiger partial charge on any atom is -0.330 e. The number of benzene rings is 1. The van der Waals surface area contributed by atoms with Crippen molar-refractivity contribution in [3.8, 4) is 6.07 Å². The summed E-state index contributed by atoms with van der Waals surface area (Å²) in [5.41, 5.74) is 2.34. The molecule has 0 N–H and O–H groups in total. The van der Waals surface area contributed by atoms with E-state index < -0.39 is 0 Å². The summed E-state index contributed by atoms with van der Waals surface area (Å²) in [4.78, 5) is 1.28. The molecule has 1 aromatic carbocycles. The zero-order valence-corrected chi connectivity index (χ0v) is 9.64. The van der Waals surface area contributed by atoms with Gasteiger partial charge in [-0.25, -0.2) is 0 Å². The summed E-state index contributed by atoms with van der Waals surface area (Å²) in [6, 6.07) is 10.4. The summed E-state index contributed by atoms with van der Waals surface area (Å²) in [6.45, 7) is 2.50. The lowest BCUT2D eigenvalue weighted by Gasteiger charge is -2.01. The largest absolute Gasteiger partial charge is 0.330 e. The number of nitriles is 1. The van der Waals surface area contributed by atoms with Crippen molar-refractivity contribution in [2.45, 2.75) is 18.4 Å². The average molecular weight is 216 g/mol. The Kier molecular flexibility index (Phi) is 2.70. The summed E-state index contributed by atoms with van der Waals surface area (Å²) >= 11 is 1.74. The summed E-state index contributed by atoms with van der Waals surface area (Å²) in [6.07, 6.45) is 2.07. The topological polar surface area (TPSA) is 28.7 Å². The highest BCUT2D eigenvalue weighted by Crippen LogP contribution is 2.32. The second-order valence-electron chi connectivity index (χ2n) is 3.38. The van der Waals surface area contributed by atoms with Gasteiger partial charge in [0.25, 0.3) is 0 Å². The van der Waals surface area contributed by atoms with Crippen LogP contribution in [-0.4, -0.2) is 10.8 Å². The normalized spacial score (nSPS) is 10.5. The van der Waals surface area contributed by atoms with Gasteiger partial charge in [0, 0.05) is 16.0 Å². The van der Waals surface area contributed by atoms with E-state index in [1.165, 1.54) is 16.0 Å². The van der Waals surface area contributed by atoms with Crippen LogP contribution in [0.4, 0.5) is 0 Å². The minimum atomic E-state index is 0.424.